The fourth-order valence-corrected chi connectivity index (χ4v) is 2.02. The van der Waals surface area contributed by atoms with Crippen molar-refractivity contribution in [2.24, 2.45) is 4.40 Å². The molecule has 0 unspecified atom stereocenters. The van der Waals surface area contributed by atoms with Crippen LogP contribution in [0.25, 0.3) is 0 Å². The van der Waals surface area contributed by atoms with Crippen LogP contribution in [0.3, 0.4) is 0 Å². The van der Waals surface area contributed by atoms with Gasteiger partial charge in [0.15, 0.2) is 0 Å². The van der Waals surface area contributed by atoms with Gasteiger partial charge < -0.3 is 0 Å². The molecule has 0 fully saturated rings. The average molecular weight is 320 g/mol. The first-order valence-electron chi connectivity index (χ1n) is 5.20. The van der Waals surface area contributed by atoms with E-state index in [-0.39, 0.29) is 10.6 Å². The molecule has 0 radical (unpaired) electrons. The molecule has 0 aromatic heterocycles. The van der Waals surface area contributed by atoms with Gasteiger partial charge in [0.05, 0.1) is 9.22 Å². The van der Waals surface area contributed by atoms with Gasteiger partial charge in [0.1, 0.15) is 16.8 Å². The molecule has 2 nitrogen and oxygen atoms in total. The molecule has 0 saturated heterocycles. The molecule has 0 aliphatic rings. The maximum absolute atomic E-state index is 13.2. The van der Waals surface area contributed by atoms with E-state index in [1.807, 2.05) is 20.8 Å². The van der Waals surface area contributed by atoms with Crippen LogP contribution in [-0.4, -0.2) is 15.2 Å². The Morgan fingerprint density at radius 3 is 2.71 bits per heavy atom. The first kappa shape index (κ1) is 14.5. The summed E-state index contributed by atoms with van der Waals surface area (Å²) in [5.74, 6) is -0.298. The molecule has 94 valence electrons. The summed E-state index contributed by atoms with van der Waals surface area (Å²) >= 11 is 3.17. The molecule has 1 atom stereocenters. The van der Waals surface area contributed by atoms with Gasteiger partial charge in [0.2, 0.25) is 0 Å². The summed E-state index contributed by atoms with van der Waals surface area (Å²) in [5.41, 5.74) is 0.791. The average Bonchev–Trinajstić information content (AvgIpc) is 2.22. The summed E-state index contributed by atoms with van der Waals surface area (Å²) in [4.78, 5) is 0. The monoisotopic (exact) mass is 319 g/mol. The minimum absolute atomic E-state index is 0.298. The van der Waals surface area contributed by atoms with Crippen LogP contribution in [0, 0.1) is 5.82 Å². The fraction of sp³-hybridized carbons (Fsp3) is 0.417. The number of hydrogen-bond donors (Lipinski definition) is 0. The molecule has 0 amide bonds. The molecule has 0 heterocycles. The number of hydrogen-bond acceptors (Lipinski definition) is 1. The lowest BCUT2D eigenvalue weighted by molar-refractivity contribution is 0.619. The van der Waals surface area contributed by atoms with Crippen molar-refractivity contribution in [3.63, 3.8) is 0 Å². The third-order valence-electron chi connectivity index (χ3n) is 2.04. The summed E-state index contributed by atoms with van der Waals surface area (Å²) in [6.45, 7) is 5.58. The molecule has 1 aromatic carbocycles. The Hall–Kier alpha value is -0.550. The van der Waals surface area contributed by atoms with Crippen molar-refractivity contribution in [1.82, 2.24) is 0 Å². The van der Waals surface area contributed by atoms with E-state index in [4.69, 9.17) is 0 Å². The van der Waals surface area contributed by atoms with E-state index >= 15 is 0 Å². The minimum atomic E-state index is -1.26. The van der Waals surface area contributed by atoms with Crippen LogP contribution >= 0.6 is 15.9 Å². The van der Waals surface area contributed by atoms with Crippen LogP contribution in [0.5, 0.6) is 0 Å². The fourth-order valence-electron chi connectivity index (χ4n) is 1.07. The summed E-state index contributed by atoms with van der Waals surface area (Å²) in [6.07, 6.45) is 2.03. The van der Waals surface area contributed by atoms with Gasteiger partial charge in [0.25, 0.3) is 0 Å². The normalized spacial score (nSPS) is 14.2. The van der Waals surface area contributed by atoms with Crippen molar-refractivity contribution in [2.75, 3.05) is 0 Å². The van der Waals surface area contributed by atoms with Gasteiger partial charge in [-0.15, -0.1) is 0 Å². The zero-order valence-electron chi connectivity index (χ0n) is 10.0. The molecular formula is C12H15BrFNOS. The zero-order chi connectivity index (χ0) is 13.1. The van der Waals surface area contributed by atoms with Crippen LogP contribution in [0.1, 0.15) is 26.3 Å². The molecular weight excluding hydrogens is 305 g/mol. The SMILES string of the molecule is CC(C)(C)[S@@](=O)/N=C/Cc1cccc(F)c1Br. The predicted octanol–water partition coefficient (Wildman–Crippen LogP) is 3.66. The van der Waals surface area contributed by atoms with E-state index in [0.717, 1.165) is 5.56 Å². The highest BCUT2D eigenvalue weighted by atomic mass is 79.9. The van der Waals surface area contributed by atoms with Crippen LogP contribution in [0.4, 0.5) is 4.39 Å². The molecule has 0 bridgehead atoms. The van der Waals surface area contributed by atoms with E-state index in [1.54, 1.807) is 18.3 Å². The van der Waals surface area contributed by atoms with Gasteiger partial charge >= 0.3 is 0 Å². The highest BCUT2D eigenvalue weighted by Gasteiger charge is 2.18. The van der Waals surface area contributed by atoms with E-state index in [0.29, 0.717) is 10.9 Å². The molecule has 17 heavy (non-hydrogen) atoms. The molecule has 0 N–H and O–H groups in total. The Morgan fingerprint density at radius 1 is 1.47 bits per heavy atom. The second kappa shape index (κ2) is 5.87. The highest BCUT2D eigenvalue weighted by molar-refractivity contribution is 9.10. The van der Waals surface area contributed by atoms with Crippen molar-refractivity contribution in [2.45, 2.75) is 31.9 Å². The Labute approximate surface area is 112 Å². The second-order valence-electron chi connectivity index (χ2n) is 4.57. The first-order valence-corrected chi connectivity index (χ1v) is 7.10. The Balaban J connectivity index is 2.72. The molecule has 0 aliphatic heterocycles. The summed E-state index contributed by atoms with van der Waals surface area (Å²) in [6, 6.07) is 4.83. The Bertz CT molecular complexity index is 454. The zero-order valence-corrected chi connectivity index (χ0v) is 12.4. The van der Waals surface area contributed by atoms with Gasteiger partial charge in [-0.25, -0.2) is 8.60 Å². The van der Waals surface area contributed by atoms with E-state index in [9.17, 15) is 8.60 Å². The largest absolute Gasteiger partial charge is 0.234 e. The lowest BCUT2D eigenvalue weighted by Crippen LogP contribution is -2.19. The maximum atomic E-state index is 13.2. The number of nitrogens with zero attached hydrogens (tertiary/aromatic N) is 1. The van der Waals surface area contributed by atoms with Gasteiger partial charge in [-0.2, -0.15) is 4.40 Å². The van der Waals surface area contributed by atoms with Crippen LogP contribution in [0.2, 0.25) is 0 Å². The first-order chi connectivity index (χ1) is 7.82. The van der Waals surface area contributed by atoms with Gasteiger partial charge in [-0.3, -0.25) is 0 Å². The number of halogens is 2. The minimum Gasteiger partial charge on any atom is -0.234 e. The van der Waals surface area contributed by atoms with E-state index in [2.05, 4.69) is 20.3 Å². The molecule has 1 aromatic rings. The van der Waals surface area contributed by atoms with Crippen molar-refractivity contribution < 1.29 is 8.60 Å². The number of benzene rings is 1. The molecule has 0 spiro atoms. The van der Waals surface area contributed by atoms with Crippen molar-refractivity contribution >= 4 is 33.1 Å². The number of rotatable bonds is 3. The molecule has 5 heteroatoms. The van der Waals surface area contributed by atoms with Gasteiger partial charge in [-0.05, 0) is 48.3 Å². The highest BCUT2D eigenvalue weighted by Crippen LogP contribution is 2.20. The van der Waals surface area contributed by atoms with Crippen LogP contribution in [-0.2, 0) is 17.4 Å². The van der Waals surface area contributed by atoms with E-state index in [1.165, 1.54) is 6.07 Å². The summed E-state index contributed by atoms with van der Waals surface area (Å²) < 4.78 is 28.9. The van der Waals surface area contributed by atoms with Crippen molar-refractivity contribution in [3.05, 3.63) is 34.1 Å². The van der Waals surface area contributed by atoms with Gasteiger partial charge in [0, 0.05) is 12.6 Å². The molecule has 0 saturated carbocycles. The quantitative estimate of drug-likeness (QED) is 0.782. The second-order valence-corrected chi connectivity index (χ2v) is 7.29. The third-order valence-corrected chi connectivity index (χ3v) is 4.31. The lowest BCUT2D eigenvalue weighted by Gasteiger charge is -2.12. The van der Waals surface area contributed by atoms with Crippen LogP contribution < -0.4 is 0 Å². The van der Waals surface area contributed by atoms with E-state index < -0.39 is 11.0 Å². The standard InChI is InChI=1S/C12H15BrFNOS/c1-12(2,3)17(16)15-8-7-9-5-4-6-10(14)11(9)13/h4-6,8H,7H2,1-3H3/b15-8+/t17-/m1/s1. The molecule has 1 rings (SSSR count). The van der Waals surface area contributed by atoms with Crippen molar-refractivity contribution in [3.8, 4) is 0 Å². The van der Waals surface area contributed by atoms with Gasteiger partial charge in [-0.1, -0.05) is 12.1 Å². The third kappa shape index (κ3) is 4.32. The van der Waals surface area contributed by atoms with Crippen molar-refractivity contribution in [1.29, 1.82) is 0 Å². The Kier molecular flexibility index (Phi) is 5.01. The maximum Gasteiger partial charge on any atom is 0.144 e. The predicted molar refractivity (Wildman–Crippen MR) is 74.2 cm³/mol. The van der Waals surface area contributed by atoms with Crippen LogP contribution in [0.15, 0.2) is 27.1 Å². The molecule has 0 aliphatic carbocycles. The Morgan fingerprint density at radius 2 is 2.12 bits per heavy atom. The lowest BCUT2D eigenvalue weighted by atomic mass is 10.2. The smallest absolute Gasteiger partial charge is 0.144 e. The topological polar surface area (TPSA) is 29.4 Å². The summed E-state index contributed by atoms with van der Waals surface area (Å²) in [5, 5.41) is 0. The summed E-state index contributed by atoms with van der Waals surface area (Å²) in [7, 11) is -1.26.